The fraction of sp³-hybridized carbons (Fsp3) is 0.0526. The number of hydroxylamine groups is 1. The van der Waals surface area contributed by atoms with E-state index in [1.807, 2.05) is 18.2 Å². The lowest BCUT2D eigenvalue weighted by Crippen LogP contribution is -2.14. The number of allylic oxidation sites excluding steroid dienone is 1. The summed E-state index contributed by atoms with van der Waals surface area (Å²) in [5.74, 6) is -0.202. The Balaban J connectivity index is 2.08. The van der Waals surface area contributed by atoms with Crippen LogP contribution in [0.2, 0.25) is 0 Å². The van der Waals surface area contributed by atoms with Gasteiger partial charge in [-0.2, -0.15) is 0 Å². The number of hydrogen-bond acceptors (Lipinski definition) is 4. The predicted octanol–water partition coefficient (Wildman–Crippen LogP) is 3.11. The van der Waals surface area contributed by atoms with Crippen LogP contribution in [0.5, 0.6) is 5.75 Å². The lowest BCUT2D eigenvalue weighted by molar-refractivity contribution is -0.124. The Kier molecular flexibility index (Phi) is 6.05. The third-order valence-electron chi connectivity index (χ3n) is 3.27. The van der Waals surface area contributed by atoms with Gasteiger partial charge in [0.2, 0.25) is 0 Å². The molecule has 0 radical (unpaired) electrons. The molecular weight excluding hydrogens is 306 g/mol. The number of nitrogens with one attached hydrogen (secondary N) is 1. The highest BCUT2D eigenvalue weighted by Gasteiger charge is 2.07. The minimum Gasteiger partial charge on any atom is -0.496 e. The van der Waals surface area contributed by atoms with Crippen molar-refractivity contribution in [2.75, 3.05) is 7.11 Å². The van der Waals surface area contributed by atoms with Gasteiger partial charge in [-0.3, -0.25) is 14.8 Å². The van der Waals surface area contributed by atoms with Crippen molar-refractivity contribution in [1.82, 2.24) is 5.48 Å². The molecule has 0 saturated heterocycles. The topological polar surface area (TPSA) is 75.6 Å². The summed E-state index contributed by atoms with van der Waals surface area (Å²) in [6.45, 7) is 0. The van der Waals surface area contributed by atoms with Gasteiger partial charge in [0.25, 0.3) is 5.91 Å². The normalized spacial score (nSPS) is 10.9. The Morgan fingerprint density at radius 3 is 2.12 bits per heavy atom. The Morgan fingerprint density at radius 1 is 0.958 bits per heavy atom. The molecule has 5 nitrogen and oxygen atoms in total. The molecule has 5 heteroatoms. The van der Waals surface area contributed by atoms with E-state index in [-0.39, 0.29) is 5.78 Å². The maximum Gasteiger partial charge on any atom is 0.267 e. The molecule has 0 fully saturated rings. The highest BCUT2D eigenvalue weighted by molar-refractivity contribution is 6.08. The van der Waals surface area contributed by atoms with E-state index in [1.54, 1.807) is 42.5 Å². The summed E-state index contributed by atoms with van der Waals surface area (Å²) < 4.78 is 5.18. The number of benzene rings is 2. The van der Waals surface area contributed by atoms with E-state index in [1.165, 1.54) is 24.7 Å². The molecule has 2 rings (SSSR count). The Morgan fingerprint density at radius 2 is 1.54 bits per heavy atom. The molecule has 0 heterocycles. The van der Waals surface area contributed by atoms with E-state index in [2.05, 4.69) is 0 Å². The number of amides is 1. The van der Waals surface area contributed by atoms with E-state index in [0.717, 1.165) is 11.1 Å². The summed E-state index contributed by atoms with van der Waals surface area (Å²) in [6.07, 6.45) is 5.99. The van der Waals surface area contributed by atoms with E-state index < -0.39 is 5.91 Å². The molecule has 0 aliphatic heterocycles. The molecule has 0 atom stereocenters. The second kappa shape index (κ2) is 8.45. The SMILES string of the molecule is COc1ccccc1C(=O)C=Cc1ccc(C=CC(=O)NO)cc1. The molecule has 0 aliphatic rings. The van der Waals surface area contributed by atoms with Gasteiger partial charge >= 0.3 is 0 Å². The van der Waals surface area contributed by atoms with Crippen LogP contribution >= 0.6 is 0 Å². The van der Waals surface area contributed by atoms with Crippen LogP contribution in [-0.2, 0) is 4.79 Å². The lowest BCUT2D eigenvalue weighted by Gasteiger charge is -2.04. The number of ether oxygens (including phenoxy) is 1. The van der Waals surface area contributed by atoms with Gasteiger partial charge in [0.1, 0.15) is 5.75 Å². The third kappa shape index (κ3) is 4.66. The summed E-state index contributed by atoms with van der Waals surface area (Å²) >= 11 is 0. The fourth-order valence-corrected chi connectivity index (χ4v) is 2.04. The van der Waals surface area contributed by atoms with Gasteiger partial charge < -0.3 is 4.74 Å². The molecule has 0 unspecified atom stereocenters. The quantitative estimate of drug-likeness (QED) is 0.371. The Bertz CT molecular complexity index is 776. The number of methoxy groups -OCH3 is 1. The fourth-order valence-electron chi connectivity index (χ4n) is 2.04. The van der Waals surface area contributed by atoms with Crippen molar-refractivity contribution in [2.24, 2.45) is 0 Å². The van der Waals surface area contributed by atoms with Crippen LogP contribution in [-0.4, -0.2) is 24.0 Å². The Hall–Kier alpha value is -3.18. The molecule has 0 spiro atoms. The van der Waals surface area contributed by atoms with Gasteiger partial charge in [-0.05, 0) is 35.4 Å². The predicted molar refractivity (Wildman–Crippen MR) is 91.8 cm³/mol. The van der Waals surface area contributed by atoms with Crippen LogP contribution in [0.3, 0.4) is 0 Å². The zero-order valence-corrected chi connectivity index (χ0v) is 13.1. The van der Waals surface area contributed by atoms with Gasteiger partial charge in [0.15, 0.2) is 5.78 Å². The zero-order valence-electron chi connectivity index (χ0n) is 13.1. The molecule has 122 valence electrons. The van der Waals surface area contributed by atoms with E-state index in [9.17, 15) is 9.59 Å². The number of para-hydroxylation sites is 1. The van der Waals surface area contributed by atoms with Crippen LogP contribution in [0, 0.1) is 0 Å². The van der Waals surface area contributed by atoms with Gasteiger partial charge in [-0.1, -0.05) is 42.5 Å². The summed E-state index contributed by atoms with van der Waals surface area (Å²) in [7, 11) is 1.53. The first-order valence-electron chi connectivity index (χ1n) is 7.21. The van der Waals surface area contributed by atoms with E-state index in [0.29, 0.717) is 11.3 Å². The molecule has 0 aromatic heterocycles. The smallest absolute Gasteiger partial charge is 0.267 e. The van der Waals surface area contributed by atoms with Gasteiger partial charge in [0.05, 0.1) is 12.7 Å². The van der Waals surface area contributed by atoms with Gasteiger partial charge in [-0.15, -0.1) is 0 Å². The monoisotopic (exact) mass is 323 g/mol. The van der Waals surface area contributed by atoms with Crippen molar-refractivity contribution in [3.8, 4) is 5.75 Å². The molecule has 1 amide bonds. The first-order chi connectivity index (χ1) is 11.6. The first kappa shape index (κ1) is 17.2. The standard InChI is InChI=1S/C19H17NO4/c1-24-18-5-3-2-4-16(18)17(21)12-10-14-6-8-15(9-7-14)11-13-19(22)20-23/h2-13,23H,1H3,(H,20,22). The second-order valence-electron chi connectivity index (χ2n) is 4.87. The number of ketones is 1. The van der Waals surface area contributed by atoms with Crippen molar-refractivity contribution in [1.29, 1.82) is 0 Å². The van der Waals surface area contributed by atoms with Crippen LogP contribution in [0.15, 0.2) is 60.7 Å². The number of carbonyl (C=O) groups is 2. The summed E-state index contributed by atoms with van der Waals surface area (Å²) in [5, 5.41) is 8.41. The highest BCUT2D eigenvalue weighted by Crippen LogP contribution is 2.18. The van der Waals surface area contributed by atoms with Crippen molar-refractivity contribution >= 4 is 23.8 Å². The van der Waals surface area contributed by atoms with Crippen LogP contribution < -0.4 is 10.2 Å². The van der Waals surface area contributed by atoms with Crippen molar-refractivity contribution in [3.05, 3.63) is 77.4 Å². The number of rotatable bonds is 6. The molecule has 0 bridgehead atoms. The van der Waals surface area contributed by atoms with Crippen LogP contribution in [0.4, 0.5) is 0 Å². The van der Waals surface area contributed by atoms with Gasteiger partial charge in [-0.25, -0.2) is 5.48 Å². The average Bonchev–Trinajstić information content (AvgIpc) is 2.64. The van der Waals surface area contributed by atoms with Crippen LogP contribution in [0.1, 0.15) is 21.5 Å². The van der Waals surface area contributed by atoms with Gasteiger partial charge in [0, 0.05) is 6.08 Å². The maximum absolute atomic E-state index is 12.2. The molecule has 24 heavy (non-hydrogen) atoms. The molecule has 2 N–H and O–H groups in total. The van der Waals surface area contributed by atoms with Crippen molar-refractivity contribution in [2.45, 2.75) is 0 Å². The minimum absolute atomic E-state index is 0.143. The zero-order chi connectivity index (χ0) is 17.4. The molecule has 0 aliphatic carbocycles. The summed E-state index contributed by atoms with van der Waals surface area (Å²) in [6, 6.07) is 14.3. The highest BCUT2D eigenvalue weighted by atomic mass is 16.5. The Labute approximate surface area is 139 Å². The third-order valence-corrected chi connectivity index (χ3v) is 3.27. The minimum atomic E-state index is -0.596. The molecule has 0 saturated carbocycles. The number of carbonyl (C=O) groups excluding carboxylic acids is 2. The maximum atomic E-state index is 12.2. The molecular formula is C19H17NO4. The number of hydrogen-bond donors (Lipinski definition) is 2. The molecule has 2 aromatic carbocycles. The van der Waals surface area contributed by atoms with Crippen LogP contribution in [0.25, 0.3) is 12.2 Å². The molecule has 2 aromatic rings. The summed E-state index contributed by atoms with van der Waals surface area (Å²) in [5.41, 5.74) is 3.67. The van der Waals surface area contributed by atoms with Crippen molar-refractivity contribution < 1.29 is 19.5 Å². The average molecular weight is 323 g/mol. The first-order valence-corrected chi connectivity index (χ1v) is 7.21. The summed E-state index contributed by atoms with van der Waals surface area (Å²) in [4.78, 5) is 23.1. The van der Waals surface area contributed by atoms with Crippen molar-refractivity contribution in [3.63, 3.8) is 0 Å². The lowest BCUT2D eigenvalue weighted by atomic mass is 10.1. The van der Waals surface area contributed by atoms with E-state index >= 15 is 0 Å². The second-order valence-corrected chi connectivity index (χ2v) is 4.87. The largest absolute Gasteiger partial charge is 0.496 e. The van der Waals surface area contributed by atoms with E-state index in [4.69, 9.17) is 9.94 Å².